The van der Waals surface area contributed by atoms with Crippen molar-refractivity contribution in [2.75, 3.05) is 17.6 Å². The molecule has 0 bridgehead atoms. The summed E-state index contributed by atoms with van der Waals surface area (Å²) in [5, 5.41) is 15.9. The Hall–Kier alpha value is -1.20. The van der Waals surface area contributed by atoms with Gasteiger partial charge in [0.1, 0.15) is 6.04 Å². The fourth-order valence-electron chi connectivity index (χ4n) is 4.49. The summed E-state index contributed by atoms with van der Waals surface area (Å²) in [6, 6.07) is 7.99. The van der Waals surface area contributed by atoms with E-state index in [1.54, 1.807) is 11.8 Å². The van der Waals surface area contributed by atoms with Crippen molar-refractivity contribution in [2.24, 2.45) is 0 Å². The first-order valence-corrected chi connectivity index (χ1v) is 14.7. The summed E-state index contributed by atoms with van der Waals surface area (Å²) >= 11 is 1.67. The topological polar surface area (TPSA) is 61.4 Å². The van der Waals surface area contributed by atoms with E-state index in [0.717, 1.165) is 17.8 Å². The monoisotopic (exact) mass is 476 g/mol. The van der Waals surface area contributed by atoms with Gasteiger partial charge in [0.2, 0.25) is 0 Å². The molecule has 2 rings (SSSR count). The molecule has 0 saturated carbocycles. The number of hydrogen-bond donors (Lipinski definition) is 3. The zero-order valence-corrected chi connectivity index (χ0v) is 21.8. The number of unbranched alkanes of at least 4 members (excludes halogenated alkanes) is 15. The molecule has 33 heavy (non-hydrogen) atoms. The molecule has 0 aromatic heterocycles. The van der Waals surface area contributed by atoms with Gasteiger partial charge < -0.3 is 10.4 Å². The van der Waals surface area contributed by atoms with Crippen molar-refractivity contribution in [1.29, 1.82) is 0 Å². The summed E-state index contributed by atoms with van der Waals surface area (Å²) in [7, 11) is 0. The Bertz CT molecular complexity index is 623. The van der Waals surface area contributed by atoms with Crippen molar-refractivity contribution in [3.63, 3.8) is 0 Å². The lowest BCUT2D eigenvalue weighted by Gasteiger charge is -2.12. The van der Waals surface area contributed by atoms with Gasteiger partial charge in [0, 0.05) is 18.0 Å². The van der Waals surface area contributed by atoms with Crippen LogP contribution in [-0.2, 0) is 4.79 Å². The Labute approximate surface area is 207 Å². The maximum atomic E-state index is 11.1. The number of anilines is 1. The van der Waals surface area contributed by atoms with E-state index in [2.05, 4.69) is 41.8 Å². The highest BCUT2D eigenvalue weighted by molar-refractivity contribution is 7.99. The lowest BCUT2D eigenvalue weighted by atomic mass is 10.0. The molecule has 0 aliphatic carbocycles. The predicted molar refractivity (Wildman–Crippen MR) is 144 cm³/mol. The average molecular weight is 477 g/mol. The molecule has 1 aromatic rings. The van der Waals surface area contributed by atoms with Crippen LogP contribution in [-0.4, -0.2) is 29.4 Å². The van der Waals surface area contributed by atoms with E-state index in [1.165, 1.54) is 103 Å². The number of rotatable bonds is 20. The van der Waals surface area contributed by atoms with Crippen LogP contribution < -0.4 is 10.6 Å². The second-order valence-electron chi connectivity index (χ2n) is 9.62. The van der Waals surface area contributed by atoms with E-state index in [0.29, 0.717) is 5.75 Å². The van der Waals surface area contributed by atoms with Crippen molar-refractivity contribution in [2.45, 2.75) is 121 Å². The molecule has 1 heterocycles. The summed E-state index contributed by atoms with van der Waals surface area (Å²) in [6.07, 6.45) is 22.4. The van der Waals surface area contributed by atoms with Crippen LogP contribution in [0.1, 0.15) is 121 Å². The fourth-order valence-corrected chi connectivity index (χ4v) is 5.72. The van der Waals surface area contributed by atoms with Gasteiger partial charge in [0.05, 0.1) is 5.37 Å². The lowest BCUT2D eigenvalue weighted by molar-refractivity contribution is -0.138. The zero-order valence-electron chi connectivity index (χ0n) is 21.0. The molecule has 0 amide bonds. The minimum atomic E-state index is -0.762. The van der Waals surface area contributed by atoms with Crippen LogP contribution in [0.25, 0.3) is 0 Å². The van der Waals surface area contributed by atoms with Crippen LogP contribution >= 0.6 is 11.8 Å². The first-order chi connectivity index (χ1) is 16.2. The molecule has 0 spiro atoms. The minimum Gasteiger partial charge on any atom is -0.480 e. The summed E-state index contributed by atoms with van der Waals surface area (Å²) in [4.78, 5) is 11.1. The molecule has 1 fully saturated rings. The van der Waals surface area contributed by atoms with E-state index in [4.69, 9.17) is 5.11 Å². The van der Waals surface area contributed by atoms with Crippen molar-refractivity contribution >= 4 is 23.4 Å². The Balaban J connectivity index is 1.36. The molecule has 1 aliphatic heterocycles. The summed E-state index contributed by atoms with van der Waals surface area (Å²) < 4.78 is 0. The van der Waals surface area contributed by atoms with Crippen LogP contribution in [0.4, 0.5) is 5.69 Å². The fraction of sp³-hybridized carbons (Fsp3) is 0.750. The number of benzene rings is 1. The van der Waals surface area contributed by atoms with Crippen molar-refractivity contribution in [3.05, 3.63) is 29.8 Å². The summed E-state index contributed by atoms with van der Waals surface area (Å²) in [5.41, 5.74) is 2.30. The van der Waals surface area contributed by atoms with E-state index in [1.807, 2.05) is 0 Å². The van der Waals surface area contributed by atoms with Crippen molar-refractivity contribution < 1.29 is 9.90 Å². The first-order valence-electron chi connectivity index (χ1n) is 13.6. The van der Waals surface area contributed by atoms with E-state index >= 15 is 0 Å². The highest BCUT2D eigenvalue weighted by Gasteiger charge is 2.30. The second-order valence-corrected chi connectivity index (χ2v) is 10.8. The van der Waals surface area contributed by atoms with Gasteiger partial charge in [-0.05, 0) is 24.1 Å². The molecule has 1 unspecified atom stereocenters. The molecular weight excluding hydrogens is 428 g/mol. The van der Waals surface area contributed by atoms with Crippen molar-refractivity contribution in [3.8, 4) is 0 Å². The predicted octanol–water partition coefficient (Wildman–Crippen LogP) is 8.15. The smallest absolute Gasteiger partial charge is 0.321 e. The number of nitrogens with one attached hydrogen (secondary N) is 2. The quantitative estimate of drug-likeness (QED) is 0.166. The van der Waals surface area contributed by atoms with Gasteiger partial charge in [0.25, 0.3) is 0 Å². The van der Waals surface area contributed by atoms with Gasteiger partial charge in [-0.15, -0.1) is 11.8 Å². The Morgan fingerprint density at radius 2 is 1.33 bits per heavy atom. The highest BCUT2D eigenvalue weighted by atomic mass is 32.2. The molecule has 1 aliphatic rings. The SMILES string of the molecule is CCCCCCCCCCCCCCCCCCNc1ccc(C2N[C@H](C(=O)O)CS2)cc1. The summed E-state index contributed by atoms with van der Waals surface area (Å²) in [5.74, 6) is -0.138. The third-order valence-electron chi connectivity index (χ3n) is 6.65. The minimum absolute atomic E-state index is 0.0838. The maximum absolute atomic E-state index is 11.1. The number of aliphatic carboxylic acids is 1. The van der Waals surface area contributed by atoms with Gasteiger partial charge in [-0.3, -0.25) is 10.1 Å². The summed E-state index contributed by atoms with van der Waals surface area (Å²) in [6.45, 7) is 3.31. The molecule has 2 atom stereocenters. The van der Waals surface area contributed by atoms with Gasteiger partial charge in [-0.2, -0.15) is 0 Å². The molecule has 1 saturated heterocycles. The van der Waals surface area contributed by atoms with Crippen LogP contribution in [0, 0.1) is 0 Å². The van der Waals surface area contributed by atoms with E-state index < -0.39 is 12.0 Å². The molecule has 188 valence electrons. The number of hydrogen-bond acceptors (Lipinski definition) is 4. The average Bonchev–Trinajstić information content (AvgIpc) is 3.32. The third kappa shape index (κ3) is 12.7. The number of carboxylic acids is 1. The second kappa shape index (κ2) is 18.2. The molecule has 1 aromatic carbocycles. The zero-order chi connectivity index (χ0) is 23.6. The highest BCUT2D eigenvalue weighted by Crippen LogP contribution is 2.33. The van der Waals surface area contributed by atoms with Crippen LogP contribution in [0.2, 0.25) is 0 Å². The third-order valence-corrected chi connectivity index (χ3v) is 7.92. The van der Waals surface area contributed by atoms with E-state index in [9.17, 15) is 4.79 Å². The standard InChI is InChI=1S/C28H48N2O2S/c1-2-3-4-5-6-7-8-9-10-11-12-13-14-15-16-17-22-29-25-20-18-24(19-21-25)27-30-26(23-33-27)28(31)32/h18-21,26-27,29-30H,2-17,22-23H2,1H3,(H,31,32)/t26-,27?/m0/s1. The Kier molecular flexibility index (Phi) is 15.4. The van der Waals surface area contributed by atoms with E-state index in [-0.39, 0.29) is 5.37 Å². The van der Waals surface area contributed by atoms with Gasteiger partial charge in [-0.25, -0.2) is 0 Å². The molecular formula is C28H48N2O2S. The van der Waals surface area contributed by atoms with Gasteiger partial charge in [0.15, 0.2) is 0 Å². The Morgan fingerprint density at radius 3 is 1.79 bits per heavy atom. The van der Waals surface area contributed by atoms with Gasteiger partial charge in [-0.1, -0.05) is 115 Å². The molecule has 5 heteroatoms. The number of carbonyl (C=O) groups is 1. The largest absolute Gasteiger partial charge is 0.480 e. The number of carboxylic acid groups (broad SMARTS) is 1. The maximum Gasteiger partial charge on any atom is 0.321 e. The molecule has 3 N–H and O–H groups in total. The van der Waals surface area contributed by atoms with Crippen LogP contribution in [0.15, 0.2) is 24.3 Å². The van der Waals surface area contributed by atoms with Gasteiger partial charge >= 0.3 is 5.97 Å². The lowest BCUT2D eigenvalue weighted by Crippen LogP contribution is -2.33. The molecule has 4 nitrogen and oxygen atoms in total. The normalized spacial score (nSPS) is 18.0. The van der Waals surface area contributed by atoms with Crippen LogP contribution in [0.3, 0.4) is 0 Å². The van der Waals surface area contributed by atoms with Crippen molar-refractivity contribution in [1.82, 2.24) is 5.32 Å². The first kappa shape index (κ1) is 28.0. The number of thioether (sulfide) groups is 1. The molecule has 0 radical (unpaired) electrons. The Morgan fingerprint density at radius 1 is 0.848 bits per heavy atom. The van der Waals surface area contributed by atoms with Crippen LogP contribution in [0.5, 0.6) is 0 Å².